The molecule has 5 heteroatoms. The summed E-state index contributed by atoms with van der Waals surface area (Å²) in [5.74, 6) is -0.426. The molecule has 178 valence electrons. The lowest BCUT2D eigenvalue weighted by molar-refractivity contribution is 0.102. The number of anilines is 1. The Labute approximate surface area is 211 Å². The Morgan fingerprint density at radius 1 is 0.886 bits per heavy atom. The van der Waals surface area contributed by atoms with Crippen LogP contribution in [0.1, 0.15) is 46.6 Å². The average Bonchev–Trinajstić information content (AvgIpc) is 2.84. The summed E-state index contributed by atoms with van der Waals surface area (Å²) in [6, 6.07) is 22.7. The maximum absolute atomic E-state index is 13.9. The summed E-state index contributed by atoms with van der Waals surface area (Å²) in [7, 11) is 0. The second-order valence-corrected chi connectivity index (χ2v) is 9.00. The fourth-order valence-electron chi connectivity index (χ4n) is 4.57. The van der Waals surface area contributed by atoms with Crippen molar-refractivity contribution in [2.45, 2.75) is 40.5 Å². The van der Waals surface area contributed by atoms with Crippen molar-refractivity contribution in [1.29, 1.82) is 0 Å². The number of aromatic nitrogens is 1. The number of halogens is 1. The van der Waals surface area contributed by atoms with Gasteiger partial charge in [0.1, 0.15) is 5.56 Å². The van der Waals surface area contributed by atoms with Crippen LogP contribution in [0.4, 0.5) is 5.69 Å². The molecule has 1 heterocycles. The Kier molecular flexibility index (Phi) is 7.23. The van der Waals surface area contributed by atoms with Gasteiger partial charge in [-0.2, -0.15) is 0 Å². The van der Waals surface area contributed by atoms with Gasteiger partial charge in [-0.05, 0) is 55.5 Å². The zero-order chi connectivity index (χ0) is 25.1. The number of carbonyl (C=O) groups excluding carboxylic acids is 1. The first-order chi connectivity index (χ1) is 16.9. The topological polar surface area (TPSA) is 51.1 Å². The molecule has 1 amide bonds. The smallest absolute Gasteiger partial charge is 0.261 e. The van der Waals surface area contributed by atoms with Crippen molar-refractivity contribution in [3.05, 3.63) is 116 Å². The molecule has 0 spiro atoms. The van der Waals surface area contributed by atoms with Gasteiger partial charge in [0.05, 0.1) is 16.4 Å². The maximum Gasteiger partial charge on any atom is 0.261 e. The van der Waals surface area contributed by atoms with Crippen molar-refractivity contribution in [3.63, 3.8) is 0 Å². The van der Waals surface area contributed by atoms with Crippen LogP contribution in [0.5, 0.6) is 0 Å². The van der Waals surface area contributed by atoms with E-state index in [-0.39, 0.29) is 11.0 Å². The highest BCUT2D eigenvalue weighted by Gasteiger charge is 2.25. The molecule has 0 aliphatic carbocycles. The van der Waals surface area contributed by atoms with Crippen LogP contribution >= 0.6 is 11.6 Å². The Morgan fingerprint density at radius 3 is 2.14 bits per heavy atom. The van der Waals surface area contributed by atoms with Crippen LogP contribution in [0, 0.1) is 13.8 Å². The molecule has 35 heavy (non-hydrogen) atoms. The van der Waals surface area contributed by atoms with Crippen LogP contribution in [0.2, 0.25) is 5.02 Å². The molecule has 0 unspecified atom stereocenters. The molecule has 3 aromatic carbocycles. The first kappa shape index (κ1) is 24.5. The molecule has 0 fully saturated rings. The third-order valence-electron chi connectivity index (χ3n) is 6.36. The minimum absolute atomic E-state index is 0.0952. The molecule has 1 N–H and O–H groups in total. The lowest BCUT2D eigenvalue weighted by Crippen LogP contribution is -2.27. The normalized spacial score (nSPS) is 10.9. The highest BCUT2D eigenvalue weighted by molar-refractivity contribution is 6.32. The molecule has 1 aromatic heterocycles. The van der Waals surface area contributed by atoms with Gasteiger partial charge >= 0.3 is 0 Å². The monoisotopic (exact) mass is 484 g/mol. The Hall–Kier alpha value is -3.63. The summed E-state index contributed by atoms with van der Waals surface area (Å²) < 4.78 is 1.91. The van der Waals surface area contributed by atoms with Gasteiger partial charge in [-0.1, -0.05) is 80.0 Å². The lowest BCUT2D eigenvalue weighted by atomic mass is 9.97. The summed E-state index contributed by atoms with van der Waals surface area (Å²) in [6.45, 7) is 7.94. The number of para-hydroxylation sites is 2. The van der Waals surface area contributed by atoms with E-state index in [2.05, 4.69) is 19.2 Å². The molecule has 0 aliphatic heterocycles. The van der Waals surface area contributed by atoms with Crippen molar-refractivity contribution in [3.8, 4) is 16.9 Å². The molecular formula is C30H29ClN2O2. The molecular weight excluding hydrogens is 456 g/mol. The summed E-state index contributed by atoms with van der Waals surface area (Å²) in [4.78, 5) is 27.3. The molecule has 0 radical (unpaired) electrons. The number of pyridine rings is 1. The Bertz CT molecular complexity index is 1450. The number of benzene rings is 3. The third kappa shape index (κ3) is 4.67. The fraction of sp³-hybridized carbons (Fsp3) is 0.200. The first-order valence-electron chi connectivity index (χ1n) is 11.9. The van der Waals surface area contributed by atoms with Crippen molar-refractivity contribution < 1.29 is 4.79 Å². The number of amides is 1. The molecule has 0 bridgehead atoms. The minimum Gasteiger partial charge on any atom is -0.321 e. The summed E-state index contributed by atoms with van der Waals surface area (Å²) in [6.07, 6.45) is 1.54. The lowest BCUT2D eigenvalue weighted by Gasteiger charge is -2.23. The van der Waals surface area contributed by atoms with Gasteiger partial charge in [-0.25, -0.2) is 0 Å². The summed E-state index contributed by atoms with van der Waals surface area (Å²) >= 11 is 6.61. The van der Waals surface area contributed by atoms with E-state index in [4.69, 9.17) is 11.6 Å². The standard InChI is InChI=1S/C30H29ClN2O2/c1-5-21-13-11-14-22(6-2)28(21)32-30(35)27-26(34)18-20(4)33(25-17-10-9-16-24(25)31)29(27)23-15-8-7-12-19(23)3/h7-18H,5-6H2,1-4H3,(H,32,35). The van der Waals surface area contributed by atoms with Crippen molar-refractivity contribution >= 4 is 23.2 Å². The first-order valence-corrected chi connectivity index (χ1v) is 12.2. The van der Waals surface area contributed by atoms with Crippen LogP contribution in [0.25, 0.3) is 16.9 Å². The second kappa shape index (κ2) is 10.3. The van der Waals surface area contributed by atoms with Gasteiger partial charge in [-0.15, -0.1) is 0 Å². The molecule has 4 nitrogen and oxygen atoms in total. The van der Waals surface area contributed by atoms with Crippen molar-refractivity contribution in [2.24, 2.45) is 0 Å². The van der Waals surface area contributed by atoms with Crippen LogP contribution in [-0.2, 0) is 12.8 Å². The molecule has 0 saturated heterocycles. The molecule has 0 saturated carbocycles. The average molecular weight is 485 g/mol. The molecule has 0 aliphatic rings. The predicted octanol–water partition coefficient (Wildman–Crippen LogP) is 7.15. The zero-order valence-corrected chi connectivity index (χ0v) is 21.2. The predicted molar refractivity (Wildman–Crippen MR) is 145 cm³/mol. The van der Waals surface area contributed by atoms with E-state index >= 15 is 0 Å². The zero-order valence-electron chi connectivity index (χ0n) is 20.5. The van der Waals surface area contributed by atoms with Gasteiger partial charge in [0, 0.05) is 23.0 Å². The van der Waals surface area contributed by atoms with E-state index in [1.54, 1.807) is 6.07 Å². The number of hydrogen-bond acceptors (Lipinski definition) is 2. The van der Waals surface area contributed by atoms with Gasteiger partial charge in [0.2, 0.25) is 0 Å². The second-order valence-electron chi connectivity index (χ2n) is 8.59. The largest absolute Gasteiger partial charge is 0.321 e. The number of carbonyl (C=O) groups is 1. The van der Waals surface area contributed by atoms with Crippen molar-refractivity contribution in [2.75, 3.05) is 5.32 Å². The molecule has 4 aromatic rings. The number of nitrogens with zero attached hydrogens (tertiary/aromatic N) is 1. The van der Waals surface area contributed by atoms with E-state index in [0.717, 1.165) is 40.8 Å². The van der Waals surface area contributed by atoms with Crippen LogP contribution in [0.3, 0.4) is 0 Å². The van der Waals surface area contributed by atoms with E-state index in [9.17, 15) is 9.59 Å². The van der Waals surface area contributed by atoms with E-state index in [1.807, 2.05) is 79.1 Å². The highest BCUT2D eigenvalue weighted by Crippen LogP contribution is 2.33. The van der Waals surface area contributed by atoms with E-state index < -0.39 is 5.91 Å². The van der Waals surface area contributed by atoms with Crippen LogP contribution in [-0.4, -0.2) is 10.5 Å². The summed E-state index contributed by atoms with van der Waals surface area (Å²) in [5, 5.41) is 3.63. The fourth-order valence-corrected chi connectivity index (χ4v) is 4.79. The number of rotatable bonds is 6. The third-order valence-corrected chi connectivity index (χ3v) is 6.68. The quantitative estimate of drug-likeness (QED) is 0.316. The number of nitrogens with one attached hydrogen (secondary N) is 1. The van der Waals surface area contributed by atoms with Crippen molar-refractivity contribution in [1.82, 2.24) is 4.57 Å². The summed E-state index contributed by atoms with van der Waals surface area (Å²) in [5.41, 5.74) is 6.32. The Morgan fingerprint density at radius 2 is 1.51 bits per heavy atom. The maximum atomic E-state index is 13.9. The minimum atomic E-state index is -0.426. The van der Waals surface area contributed by atoms with Crippen LogP contribution in [0.15, 0.2) is 77.6 Å². The SMILES string of the molecule is CCc1cccc(CC)c1NC(=O)c1c(-c2ccccc2C)n(-c2ccccc2Cl)c(C)cc1=O. The van der Waals surface area contributed by atoms with Crippen LogP contribution < -0.4 is 10.7 Å². The molecule has 4 rings (SSSR count). The Balaban J connectivity index is 2.03. The van der Waals surface area contributed by atoms with Gasteiger partial charge in [-0.3, -0.25) is 9.59 Å². The van der Waals surface area contributed by atoms with Gasteiger partial charge in [0.25, 0.3) is 5.91 Å². The van der Waals surface area contributed by atoms with E-state index in [0.29, 0.717) is 22.1 Å². The number of hydrogen-bond donors (Lipinski definition) is 1. The highest BCUT2D eigenvalue weighted by atomic mass is 35.5. The van der Waals surface area contributed by atoms with E-state index in [1.165, 1.54) is 6.07 Å². The number of aryl methyl sites for hydroxylation is 4. The van der Waals surface area contributed by atoms with Gasteiger partial charge in [0.15, 0.2) is 5.43 Å². The van der Waals surface area contributed by atoms with Gasteiger partial charge < -0.3 is 9.88 Å². The molecule has 0 atom stereocenters.